The van der Waals surface area contributed by atoms with Crippen molar-refractivity contribution in [1.29, 1.82) is 0 Å². The second kappa shape index (κ2) is 7.58. The van der Waals surface area contributed by atoms with Gasteiger partial charge in [0.15, 0.2) is 11.5 Å². The van der Waals surface area contributed by atoms with Crippen molar-refractivity contribution in [2.75, 3.05) is 4.90 Å². The normalized spacial score (nSPS) is 18.7. The first-order valence-corrected chi connectivity index (χ1v) is 10.5. The van der Waals surface area contributed by atoms with Crippen molar-refractivity contribution >= 4 is 23.2 Å². The predicted octanol–water partition coefficient (Wildman–Crippen LogP) is 4.24. The summed E-state index contributed by atoms with van der Waals surface area (Å²) < 4.78 is 11.2. The van der Waals surface area contributed by atoms with Crippen LogP contribution in [-0.4, -0.2) is 23.6 Å². The number of benzene rings is 1. The fourth-order valence-electron chi connectivity index (χ4n) is 4.55. The zero-order chi connectivity index (χ0) is 21.5. The number of aryl methyl sites for hydroxylation is 1. The van der Waals surface area contributed by atoms with Crippen LogP contribution in [0.3, 0.4) is 0 Å². The molecule has 158 valence electrons. The molecule has 7 nitrogen and oxygen atoms in total. The van der Waals surface area contributed by atoms with Crippen LogP contribution in [0, 0.1) is 6.92 Å². The topological polar surface area (TPSA) is 88.0 Å². The lowest BCUT2D eigenvalue weighted by molar-refractivity contribution is 0.0925. The van der Waals surface area contributed by atoms with Crippen LogP contribution in [-0.2, 0) is 12.8 Å². The van der Waals surface area contributed by atoms with E-state index in [4.69, 9.17) is 8.83 Å². The van der Waals surface area contributed by atoms with Crippen molar-refractivity contribution in [3.05, 3.63) is 76.6 Å². The van der Waals surface area contributed by atoms with E-state index in [9.17, 15) is 9.59 Å². The van der Waals surface area contributed by atoms with Gasteiger partial charge in [-0.3, -0.25) is 9.59 Å². The Morgan fingerprint density at radius 3 is 2.81 bits per heavy atom. The van der Waals surface area contributed by atoms with Crippen molar-refractivity contribution in [2.45, 2.75) is 45.6 Å². The Hall–Kier alpha value is -3.61. The molecule has 0 radical (unpaired) electrons. The molecule has 0 fully saturated rings. The highest BCUT2D eigenvalue weighted by Crippen LogP contribution is 2.36. The Kier molecular flexibility index (Phi) is 4.73. The number of carbonyl (C=O) groups excluding carboxylic acids is 2. The van der Waals surface area contributed by atoms with Gasteiger partial charge in [-0.15, -0.1) is 0 Å². The fourth-order valence-corrected chi connectivity index (χ4v) is 4.55. The van der Waals surface area contributed by atoms with Crippen LogP contribution in [0.5, 0.6) is 0 Å². The molecule has 0 saturated carbocycles. The third-order valence-electron chi connectivity index (χ3n) is 5.98. The Bertz CT molecular complexity index is 1190. The van der Waals surface area contributed by atoms with Crippen LogP contribution in [0.4, 0.5) is 5.69 Å². The summed E-state index contributed by atoms with van der Waals surface area (Å²) >= 11 is 0. The summed E-state index contributed by atoms with van der Waals surface area (Å²) in [5, 5.41) is 4.33. The Morgan fingerprint density at radius 1 is 1.16 bits per heavy atom. The maximum atomic E-state index is 13.5. The number of hydrogen-bond acceptors (Lipinski definition) is 5. The van der Waals surface area contributed by atoms with Gasteiger partial charge < -0.3 is 13.7 Å². The molecule has 3 aromatic rings. The molecular weight excluding hydrogens is 394 g/mol. The SMILES string of the molecule is Cc1c(C(=O)N2c3ccccc3CC2C)oc2c1/C(=N/NC(=O)c1ccco1)CCC2. The number of para-hydroxylation sites is 1. The van der Waals surface area contributed by atoms with Crippen molar-refractivity contribution in [3.63, 3.8) is 0 Å². The fraction of sp³-hybridized carbons (Fsp3) is 0.292. The van der Waals surface area contributed by atoms with Crippen LogP contribution < -0.4 is 10.3 Å². The molecule has 2 aromatic heterocycles. The molecule has 31 heavy (non-hydrogen) atoms. The minimum absolute atomic E-state index is 0.0622. The number of nitrogens with one attached hydrogen (secondary N) is 1. The maximum absolute atomic E-state index is 13.5. The van der Waals surface area contributed by atoms with E-state index >= 15 is 0 Å². The van der Waals surface area contributed by atoms with Crippen molar-refractivity contribution in [2.24, 2.45) is 5.10 Å². The van der Waals surface area contributed by atoms with Gasteiger partial charge in [-0.25, -0.2) is 5.43 Å². The number of amides is 2. The van der Waals surface area contributed by atoms with Crippen LogP contribution in [0.1, 0.15) is 63.3 Å². The zero-order valence-electron chi connectivity index (χ0n) is 17.5. The first-order valence-electron chi connectivity index (χ1n) is 10.5. The quantitative estimate of drug-likeness (QED) is 0.646. The highest BCUT2D eigenvalue weighted by Gasteiger charge is 2.36. The molecule has 1 aliphatic carbocycles. The molecule has 1 aromatic carbocycles. The van der Waals surface area contributed by atoms with Crippen LogP contribution >= 0.6 is 0 Å². The smallest absolute Gasteiger partial charge is 0.307 e. The van der Waals surface area contributed by atoms with E-state index < -0.39 is 5.91 Å². The minimum Gasteiger partial charge on any atom is -0.459 e. The number of nitrogens with zero attached hydrogens (tertiary/aromatic N) is 2. The molecule has 2 amide bonds. The summed E-state index contributed by atoms with van der Waals surface area (Å²) in [5.41, 5.74) is 6.97. The minimum atomic E-state index is -0.412. The van der Waals surface area contributed by atoms with E-state index in [1.807, 2.05) is 36.9 Å². The van der Waals surface area contributed by atoms with E-state index in [-0.39, 0.29) is 17.7 Å². The first-order chi connectivity index (χ1) is 15.0. The molecule has 1 N–H and O–H groups in total. The van der Waals surface area contributed by atoms with Gasteiger partial charge in [0.1, 0.15) is 5.76 Å². The van der Waals surface area contributed by atoms with Gasteiger partial charge in [-0.2, -0.15) is 5.10 Å². The van der Waals surface area contributed by atoms with E-state index in [0.29, 0.717) is 12.2 Å². The largest absolute Gasteiger partial charge is 0.459 e. The standard InChI is InChI=1S/C24H23N3O4/c1-14-13-16-7-3-4-9-18(16)27(14)24(29)22-15(2)21-17(8-5-10-19(21)31-22)25-26-23(28)20-11-6-12-30-20/h3-4,6-7,9,11-12,14H,5,8,10,13H2,1-2H3,(H,26,28)/b25-17+. The van der Waals surface area contributed by atoms with Crippen molar-refractivity contribution in [1.82, 2.24) is 5.43 Å². The summed E-state index contributed by atoms with van der Waals surface area (Å²) in [5.74, 6) is 0.744. The number of hydrogen-bond donors (Lipinski definition) is 1. The average Bonchev–Trinajstić information content (AvgIpc) is 3.49. The number of rotatable bonds is 3. The number of hydrazone groups is 1. The van der Waals surface area contributed by atoms with E-state index in [0.717, 1.165) is 47.5 Å². The van der Waals surface area contributed by atoms with Gasteiger partial charge in [0, 0.05) is 29.3 Å². The van der Waals surface area contributed by atoms with Gasteiger partial charge in [0.2, 0.25) is 0 Å². The molecule has 3 heterocycles. The van der Waals surface area contributed by atoms with E-state index in [1.165, 1.54) is 11.8 Å². The Balaban J connectivity index is 1.46. The number of carbonyl (C=O) groups is 2. The number of anilines is 1. The van der Waals surface area contributed by atoms with E-state index in [1.54, 1.807) is 12.1 Å². The monoisotopic (exact) mass is 417 g/mol. The predicted molar refractivity (Wildman–Crippen MR) is 116 cm³/mol. The summed E-state index contributed by atoms with van der Waals surface area (Å²) in [6, 6.07) is 11.3. The first kappa shape index (κ1) is 19.4. The molecule has 7 heteroatoms. The van der Waals surface area contributed by atoms with Gasteiger partial charge in [-0.1, -0.05) is 18.2 Å². The lowest BCUT2D eigenvalue weighted by atomic mass is 9.93. The third kappa shape index (κ3) is 3.26. The second-order valence-electron chi connectivity index (χ2n) is 8.04. The molecule has 0 spiro atoms. The molecule has 1 atom stereocenters. The number of fused-ring (bicyclic) bond motifs is 2. The molecule has 0 bridgehead atoms. The second-order valence-corrected chi connectivity index (χ2v) is 8.04. The lowest BCUT2D eigenvalue weighted by Gasteiger charge is -2.21. The number of furan rings is 2. The summed E-state index contributed by atoms with van der Waals surface area (Å²) in [6.07, 6.45) is 4.54. The zero-order valence-corrected chi connectivity index (χ0v) is 17.5. The maximum Gasteiger partial charge on any atom is 0.307 e. The molecular formula is C24H23N3O4. The molecule has 0 saturated heterocycles. The van der Waals surface area contributed by atoms with Crippen LogP contribution in [0.15, 0.2) is 56.6 Å². The van der Waals surface area contributed by atoms with Gasteiger partial charge in [0.25, 0.3) is 5.91 Å². The van der Waals surface area contributed by atoms with Crippen molar-refractivity contribution < 1.29 is 18.4 Å². The van der Waals surface area contributed by atoms with Gasteiger partial charge in [0.05, 0.1) is 12.0 Å². The molecule has 2 aliphatic rings. The highest BCUT2D eigenvalue weighted by atomic mass is 16.4. The third-order valence-corrected chi connectivity index (χ3v) is 5.98. The summed E-state index contributed by atoms with van der Waals surface area (Å²) in [7, 11) is 0. The molecule has 1 aliphatic heterocycles. The Morgan fingerprint density at radius 2 is 2.00 bits per heavy atom. The van der Waals surface area contributed by atoms with Gasteiger partial charge >= 0.3 is 5.91 Å². The molecule has 1 unspecified atom stereocenters. The van der Waals surface area contributed by atoms with Crippen molar-refractivity contribution in [3.8, 4) is 0 Å². The summed E-state index contributed by atoms with van der Waals surface area (Å²) in [4.78, 5) is 27.5. The summed E-state index contributed by atoms with van der Waals surface area (Å²) in [6.45, 7) is 3.94. The molecule has 5 rings (SSSR count). The van der Waals surface area contributed by atoms with Crippen LogP contribution in [0.25, 0.3) is 0 Å². The lowest BCUT2D eigenvalue weighted by Crippen LogP contribution is -2.35. The van der Waals surface area contributed by atoms with E-state index in [2.05, 4.69) is 16.6 Å². The average molecular weight is 417 g/mol. The van der Waals surface area contributed by atoms with Crippen LogP contribution in [0.2, 0.25) is 0 Å². The van der Waals surface area contributed by atoms with Gasteiger partial charge in [-0.05, 0) is 56.9 Å². The highest BCUT2D eigenvalue weighted by molar-refractivity contribution is 6.11. The Labute approximate surface area is 179 Å².